The summed E-state index contributed by atoms with van der Waals surface area (Å²) in [6.07, 6.45) is 11.4. The van der Waals surface area contributed by atoms with Crippen molar-refractivity contribution in [2.24, 2.45) is 10.8 Å². The maximum Gasteiger partial charge on any atom is -0.0383 e. The van der Waals surface area contributed by atoms with E-state index in [4.69, 9.17) is 0 Å². The van der Waals surface area contributed by atoms with Gasteiger partial charge in [0.1, 0.15) is 0 Å². The normalized spacial score (nSPS) is 13.1. The number of hydrogen-bond donors (Lipinski definition) is 0. The van der Waals surface area contributed by atoms with Crippen LogP contribution in [0.15, 0.2) is 0 Å². The third-order valence-electron chi connectivity index (χ3n) is 3.10. The highest BCUT2D eigenvalue weighted by Gasteiger charge is 2.09. The van der Waals surface area contributed by atoms with Gasteiger partial charge in [0.15, 0.2) is 0 Å². The largest absolute Gasteiger partial charge is 0.0602 e. The molecule has 0 saturated heterocycles. The first kappa shape index (κ1) is 16.0. The van der Waals surface area contributed by atoms with Crippen LogP contribution < -0.4 is 0 Å². The predicted octanol–water partition coefficient (Wildman–Crippen LogP) is 6.20. The Kier molecular flexibility index (Phi) is 7.35. The highest BCUT2D eigenvalue weighted by molar-refractivity contribution is 4.62. The lowest BCUT2D eigenvalue weighted by Gasteiger charge is -2.18. The minimum Gasteiger partial charge on any atom is -0.0602 e. The zero-order chi connectivity index (χ0) is 12.7. The van der Waals surface area contributed by atoms with E-state index in [2.05, 4.69) is 41.5 Å². The lowest BCUT2D eigenvalue weighted by atomic mass is 9.88. The van der Waals surface area contributed by atoms with Crippen LogP contribution in [0.5, 0.6) is 0 Å². The summed E-state index contributed by atoms with van der Waals surface area (Å²) in [7, 11) is 0. The van der Waals surface area contributed by atoms with E-state index < -0.39 is 0 Å². The van der Waals surface area contributed by atoms with Gasteiger partial charge >= 0.3 is 0 Å². The first-order valence-electron chi connectivity index (χ1n) is 7.21. The fourth-order valence-corrected chi connectivity index (χ4v) is 2.02. The number of unbranched alkanes of at least 4 members (excludes halogenated alkanes) is 5. The molecule has 0 aliphatic rings. The average Bonchev–Trinajstić information content (AvgIpc) is 2.06. The lowest BCUT2D eigenvalue weighted by Crippen LogP contribution is -2.04. The van der Waals surface area contributed by atoms with Crippen molar-refractivity contribution in [2.75, 3.05) is 0 Å². The molecule has 0 unspecified atom stereocenters. The van der Waals surface area contributed by atoms with E-state index in [9.17, 15) is 0 Å². The van der Waals surface area contributed by atoms with Gasteiger partial charge in [0.2, 0.25) is 0 Å². The van der Waals surface area contributed by atoms with Crippen molar-refractivity contribution in [3.8, 4) is 0 Å². The molecule has 0 saturated carbocycles. The summed E-state index contributed by atoms with van der Waals surface area (Å²) < 4.78 is 0. The van der Waals surface area contributed by atoms with E-state index in [0.29, 0.717) is 10.8 Å². The molecule has 0 spiro atoms. The second-order valence-electron chi connectivity index (χ2n) is 7.74. The molecule has 0 fully saturated rings. The summed E-state index contributed by atoms with van der Waals surface area (Å²) >= 11 is 0. The van der Waals surface area contributed by atoms with E-state index in [1.807, 2.05) is 0 Å². The molecule has 0 heteroatoms. The van der Waals surface area contributed by atoms with Crippen LogP contribution in [0.1, 0.15) is 92.9 Å². The molecule has 0 radical (unpaired) electrons. The summed E-state index contributed by atoms with van der Waals surface area (Å²) in [5.74, 6) is 0. The summed E-state index contributed by atoms with van der Waals surface area (Å²) in [6.45, 7) is 14.1. The van der Waals surface area contributed by atoms with Crippen molar-refractivity contribution in [3.63, 3.8) is 0 Å². The molecule has 0 rings (SSSR count). The summed E-state index contributed by atoms with van der Waals surface area (Å²) in [4.78, 5) is 0. The van der Waals surface area contributed by atoms with Crippen LogP contribution in [0.3, 0.4) is 0 Å². The third kappa shape index (κ3) is 14.0. The molecular formula is C16H34. The molecule has 0 aliphatic carbocycles. The number of hydrogen-bond acceptors (Lipinski definition) is 0. The molecule has 0 aromatic rings. The van der Waals surface area contributed by atoms with Crippen molar-refractivity contribution >= 4 is 0 Å². The van der Waals surface area contributed by atoms with Crippen LogP contribution in [-0.2, 0) is 0 Å². The van der Waals surface area contributed by atoms with Gasteiger partial charge in [0.25, 0.3) is 0 Å². The highest BCUT2D eigenvalue weighted by atomic mass is 14.2. The SMILES string of the molecule is CC(C)(C)CCCCCCCCC(C)(C)C. The molecule has 0 atom stereocenters. The standard InChI is InChI=1S/C16H34/c1-15(2,3)13-11-9-7-8-10-12-14-16(4,5)6/h7-14H2,1-6H3. The Balaban J connectivity index is 3.17. The van der Waals surface area contributed by atoms with Crippen LogP contribution in [0.4, 0.5) is 0 Å². The second-order valence-corrected chi connectivity index (χ2v) is 7.74. The van der Waals surface area contributed by atoms with Crippen LogP contribution in [0.25, 0.3) is 0 Å². The second kappa shape index (κ2) is 7.35. The van der Waals surface area contributed by atoms with Crippen molar-refractivity contribution in [1.29, 1.82) is 0 Å². The minimum absolute atomic E-state index is 0.534. The Morgan fingerprint density at radius 3 is 0.938 bits per heavy atom. The van der Waals surface area contributed by atoms with Gasteiger partial charge in [-0.2, -0.15) is 0 Å². The van der Waals surface area contributed by atoms with E-state index in [0.717, 1.165) is 0 Å². The van der Waals surface area contributed by atoms with Crippen molar-refractivity contribution in [1.82, 2.24) is 0 Å². The Hall–Kier alpha value is 0. The molecule has 0 heterocycles. The predicted molar refractivity (Wildman–Crippen MR) is 75.8 cm³/mol. The van der Waals surface area contributed by atoms with Crippen LogP contribution >= 0.6 is 0 Å². The van der Waals surface area contributed by atoms with Gasteiger partial charge in [-0.3, -0.25) is 0 Å². The molecule has 0 aliphatic heterocycles. The van der Waals surface area contributed by atoms with Gasteiger partial charge in [-0.15, -0.1) is 0 Å². The Morgan fingerprint density at radius 1 is 0.438 bits per heavy atom. The topological polar surface area (TPSA) is 0 Å². The van der Waals surface area contributed by atoms with Gasteiger partial charge in [-0.05, 0) is 23.7 Å². The van der Waals surface area contributed by atoms with Gasteiger partial charge < -0.3 is 0 Å². The summed E-state index contributed by atoms with van der Waals surface area (Å²) in [6, 6.07) is 0. The lowest BCUT2D eigenvalue weighted by molar-refractivity contribution is 0.347. The van der Waals surface area contributed by atoms with E-state index in [-0.39, 0.29) is 0 Å². The maximum absolute atomic E-state index is 2.34. The smallest absolute Gasteiger partial charge is 0.0383 e. The quantitative estimate of drug-likeness (QED) is 0.453. The van der Waals surface area contributed by atoms with E-state index in [1.54, 1.807) is 0 Å². The molecule has 16 heavy (non-hydrogen) atoms. The zero-order valence-corrected chi connectivity index (χ0v) is 12.7. The molecule has 98 valence electrons. The summed E-state index contributed by atoms with van der Waals surface area (Å²) in [5, 5.41) is 0. The van der Waals surface area contributed by atoms with Crippen LogP contribution in [0, 0.1) is 10.8 Å². The maximum atomic E-state index is 2.34. The number of rotatable bonds is 7. The van der Waals surface area contributed by atoms with Gasteiger partial charge in [-0.25, -0.2) is 0 Å². The van der Waals surface area contributed by atoms with E-state index >= 15 is 0 Å². The molecule has 0 N–H and O–H groups in total. The van der Waals surface area contributed by atoms with Crippen molar-refractivity contribution < 1.29 is 0 Å². The summed E-state index contributed by atoms with van der Waals surface area (Å²) in [5.41, 5.74) is 1.07. The van der Waals surface area contributed by atoms with Crippen molar-refractivity contribution in [3.05, 3.63) is 0 Å². The zero-order valence-electron chi connectivity index (χ0n) is 12.7. The highest BCUT2D eigenvalue weighted by Crippen LogP contribution is 2.24. The molecule has 0 bridgehead atoms. The van der Waals surface area contributed by atoms with E-state index in [1.165, 1.54) is 51.4 Å². The molecule has 0 nitrogen and oxygen atoms in total. The van der Waals surface area contributed by atoms with Crippen LogP contribution in [-0.4, -0.2) is 0 Å². The van der Waals surface area contributed by atoms with Crippen LogP contribution in [0.2, 0.25) is 0 Å². The monoisotopic (exact) mass is 226 g/mol. The first-order valence-corrected chi connectivity index (χ1v) is 7.21. The Bertz CT molecular complexity index is 134. The minimum atomic E-state index is 0.534. The van der Waals surface area contributed by atoms with Gasteiger partial charge in [0.05, 0.1) is 0 Å². The Labute approximate surface area is 104 Å². The first-order chi connectivity index (χ1) is 7.21. The average molecular weight is 226 g/mol. The fraction of sp³-hybridized carbons (Fsp3) is 1.00. The van der Waals surface area contributed by atoms with Crippen molar-refractivity contribution in [2.45, 2.75) is 92.9 Å². The molecule has 0 aromatic carbocycles. The van der Waals surface area contributed by atoms with Gasteiger partial charge in [0, 0.05) is 0 Å². The molecule has 0 aromatic heterocycles. The Morgan fingerprint density at radius 2 is 0.688 bits per heavy atom. The van der Waals surface area contributed by atoms with Gasteiger partial charge in [-0.1, -0.05) is 80.1 Å². The molecular weight excluding hydrogens is 192 g/mol. The molecule has 0 amide bonds. The third-order valence-corrected chi connectivity index (χ3v) is 3.10. The fourth-order valence-electron chi connectivity index (χ4n) is 2.02.